The van der Waals surface area contributed by atoms with Crippen molar-refractivity contribution in [3.8, 4) is 17.6 Å². The van der Waals surface area contributed by atoms with E-state index in [-0.39, 0.29) is 11.3 Å². The first-order valence-electron chi connectivity index (χ1n) is 5.86. The van der Waals surface area contributed by atoms with Crippen molar-refractivity contribution in [3.63, 3.8) is 0 Å². The Morgan fingerprint density at radius 2 is 1.81 bits per heavy atom. The van der Waals surface area contributed by atoms with Crippen LogP contribution < -0.4 is 4.74 Å². The average Bonchev–Trinajstić information content (AvgIpc) is 2.42. The van der Waals surface area contributed by atoms with Crippen LogP contribution in [0.2, 0.25) is 5.02 Å². The summed E-state index contributed by atoms with van der Waals surface area (Å²) in [6, 6.07) is 9.38. The summed E-state index contributed by atoms with van der Waals surface area (Å²) in [6.45, 7) is 1.77. The number of nitriles is 1. The van der Waals surface area contributed by atoms with Gasteiger partial charge in [-0.15, -0.1) is 0 Å². The average molecular weight is 312 g/mol. The van der Waals surface area contributed by atoms with Gasteiger partial charge in [0.1, 0.15) is 17.6 Å². The Kier molecular flexibility index (Phi) is 4.10. The van der Waals surface area contributed by atoms with Crippen LogP contribution in [-0.2, 0) is 6.18 Å². The minimum atomic E-state index is -4.50. The highest BCUT2D eigenvalue weighted by Crippen LogP contribution is 2.35. The first-order valence-corrected chi connectivity index (χ1v) is 6.24. The molecule has 0 radical (unpaired) electrons. The molecule has 0 N–H and O–H groups in total. The number of ether oxygens (including phenoxy) is 1. The van der Waals surface area contributed by atoms with Gasteiger partial charge >= 0.3 is 6.18 Å². The van der Waals surface area contributed by atoms with Crippen molar-refractivity contribution in [2.24, 2.45) is 0 Å². The number of nitrogens with zero attached hydrogens (tertiary/aromatic N) is 1. The molecular weight excluding hydrogens is 303 g/mol. The summed E-state index contributed by atoms with van der Waals surface area (Å²) in [7, 11) is 0. The van der Waals surface area contributed by atoms with Gasteiger partial charge in [-0.3, -0.25) is 0 Å². The summed E-state index contributed by atoms with van der Waals surface area (Å²) >= 11 is 5.85. The van der Waals surface area contributed by atoms with Crippen LogP contribution in [0, 0.1) is 18.3 Å². The predicted octanol–water partition coefficient (Wildman–Crippen LogP) is 5.33. The number of benzene rings is 2. The third kappa shape index (κ3) is 3.47. The Morgan fingerprint density at radius 3 is 2.43 bits per heavy atom. The van der Waals surface area contributed by atoms with Crippen LogP contribution >= 0.6 is 11.6 Å². The van der Waals surface area contributed by atoms with E-state index in [2.05, 4.69) is 0 Å². The summed E-state index contributed by atoms with van der Waals surface area (Å²) in [6.07, 6.45) is -4.50. The molecule has 2 aromatic carbocycles. The molecular formula is C15H9ClF3NO. The summed E-state index contributed by atoms with van der Waals surface area (Å²) in [5, 5.41) is 9.42. The van der Waals surface area contributed by atoms with E-state index in [0.29, 0.717) is 10.8 Å². The van der Waals surface area contributed by atoms with Gasteiger partial charge in [0.05, 0.1) is 11.1 Å². The molecule has 0 amide bonds. The van der Waals surface area contributed by atoms with Crippen molar-refractivity contribution >= 4 is 11.6 Å². The van der Waals surface area contributed by atoms with Gasteiger partial charge in [0, 0.05) is 5.02 Å². The lowest BCUT2D eigenvalue weighted by Crippen LogP contribution is -2.05. The molecule has 0 bridgehead atoms. The lowest BCUT2D eigenvalue weighted by atomic mass is 10.1. The van der Waals surface area contributed by atoms with Crippen molar-refractivity contribution in [1.29, 1.82) is 5.26 Å². The molecule has 108 valence electrons. The zero-order valence-electron chi connectivity index (χ0n) is 10.8. The van der Waals surface area contributed by atoms with E-state index in [1.54, 1.807) is 25.1 Å². The van der Waals surface area contributed by atoms with Crippen LogP contribution in [0.15, 0.2) is 36.4 Å². The largest absolute Gasteiger partial charge is 0.456 e. The monoisotopic (exact) mass is 311 g/mol. The van der Waals surface area contributed by atoms with Crippen molar-refractivity contribution in [1.82, 2.24) is 0 Å². The maximum absolute atomic E-state index is 12.6. The normalized spacial score (nSPS) is 11.0. The van der Waals surface area contributed by atoms with Crippen molar-refractivity contribution in [2.75, 3.05) is 0 Å². The Labute approximate surface area is 124 Å². The van der Waals surface area contributed by atoms with Crippen LogP contribution in [-0.4, -0.2) is 0 Å². The second-order valence-corrected chi connectivity index (χ2v) is 4.77. The molecule has 0 aliphatic rings. The third-order valence-corrected chi connectivity index (χ3v) is 3.03. The van der Waals surface area contributed by atoms with Crippen LogP contribution in [0.4, 0.5) is 13.2 Å². The van der Waals surface area contributed by atoms with E-state index in [9.17, 15) is 13.2 Å². The summed E-state index contributed by atoms with van der Waals surface area (Å²) in [4.78, 5) is 0. The summed E-state index contributed by atoms with van der Waals surface area (Å²) in [5.74, 6) is 0.439. The first kappa shape index (κ1) is 15.2. The second-order valence-electron chi connectivity index (χ2n) is 4.33. The molecule has 2 nitrogen and oxygen atoms in total. The van der Waals surface area contributed by atoms with Gasteiger partial charge in [0.2, 0.25) is 0 Å². The fraction of sp³-hybridized carbons (Fsp3) is 0.133. The van der Waals surface area contributed by atoms with E-state index in [1.165, 1.54) is 6.07 Å². The molecule has 0 aliphatic heterocycles. The van der Waals surface area contributed by atoms with E-state index in [1.807, 2.05) is 0 Å². The molecule has 0 saturated carbocycles. The molecule has 0 aromatic heterocycles. The Morgan fingerprint density at radius 1 is 1.10 bits per heavy atom. The van der Waals surface area contributed by atoms with Crippen LogP contribution in [0.5, 0.6) is 11.5 Å². The molecule has 0 spiro atoms. The van der Waals surface area contributed by atoms with Gasteiger partial charge in [-0.05, 0) is 42.8 Å². The molecule has 0 unspecified atom stereocenters. The first-order chi connectivity index (χ1) is 9.81. The SMILES string of the molecule is Cc1ccc(Cl)cc1Oc1ccc(C(F)(F)F)cc1C#N. The number of alkyl halides is 3. The van der Waals surface area contributed by atoms with Gasteiger partial charge in [-0.2, -0.15) is 18.4 Å². The molecule has 0 saturated heterocycles. The molecule has 0 fully saturated rings. The molecule has 0 atom stereocenters. The maximum Gasteiger partial charge on any atom is 0.416 e. The van der Waals surface area contributed by atoms with Gasteiger partial charge in [0.25, 0.3) is 0 Å². The highest BCUT2D eigenvalue weighted by atomic mass is 35.5. The lowest BCUT2D eigenvalue weighted by molar-refractivity contribution is -0.137. The van der Waals surface area contributed by atoms with E-state index in [4.69, 9.17) is 21.6 Å². The Balaban J connectivity index is 2.41. The smallest absolute Gasteiger partial charge is 0.416 e. The minimum Gasteiger partial charge on any atom is -0.456 e. The highest BCUT2D eigenvalue weighted by molar-refractivity contribution is 6.30. The number of hydrogen-bond donors (Lipinski definition) is 0. The van der Waals surface area contributed by atoms with Crippen LogP contribution in [0.25, 0.3) is 0 Å². The lowest BCUT2D eigenvalue weighted by Gasteiger charge is -2.12. The quantitative estimate of drug-likeness (QED) is 0.751. The van der Waals surface area contributed by atoms with E-state index >= 15 is 0 Å². The fourth-order valence-corrected chi connectivity index (χ4v) is 1.85. The summed E-state index contributed by atoms with van der Waals surface area (Å²) in [5.41, 5.74) is -0.332. The highest BCUT2D eigenvalue weighted by Gasteiger charge is 2.31. The zero-order chi connectivity index (χ0) is 15.6. The maximum atomic E-state index is 12.6. The standard InChI is InChI=1S/C15H9ClF3NO/c1-9-2-4-12(16)7-14(9)21-13-5-3-11(15(17,18)19)6-10(13)8-20/h2-7H,1H3. The van der Waals surface area contributed by atoms with E-state index < -0.39 is 11.7 Å². The van der Waals surface area contributed by atoms with Crippen molar-refractivity contribution < 1.29 is 17.9 Å². The molecule has 0 aliphatic carbocycles. The van der Waals surface area contributed by atoms with Gasteiger partial charge in [0.15, 0.2) is 0 Å². The number of hydrogen-bond acceptors (Lipinski definition) is 2. The van der Waals surface area contributed by atoms with Gasteiger partial charge < -0.3 is 4.74 Å². The zero-order valence-corrected chi connectivity index (χ0v) is 11.6. The number of rotatable bonds is 2. The molecule has 2 aromatic rings. The third-order valence-electron chi connectivity index (χ3n) is 2.80. The fourth-order valence-electron chi connectivity index (χ4n) is 1.69. The molecule has 0 heterocycles. The predicted molar refractivity (Wildman–Crippen MR) is 72.4 cm³/mol. The van der Waals surface area contributed by atoms with Crippen LogP contribution in [0.1, 0.15) is 16.7 Å². The molecule has 21 heavy (non-hydrogen) atoms. The van der Waals surface area contributed by atoms with E-state index in [0.717, 1.165) is 23.8 Å². The molecule has 6 heteroatoms. The number of halogens is 4. The Hall–Kier alpha value is -2.19. The van der Waals surface area contributed by atoms with Crippen molar-refractivity contribution in [2.45, 2.75) is 13.1 Å². The van der Waals surface area contributed by atoms with Crippen LogP contribution in [0.3, 0.4) is 0 Å². The summed E-state index contributed by atoms with van der Waals surface area (Å²) < 4.78 is 43.3. The minimum absolute atomic E-state index is 0.0517. The van der Waals surface area contributed by atoms with Crippen molar-refractivity contribution in [3.05, 3.63) is 58.1 Å². The second kappa shape index (κ2) is 5.66. The topological polar surface area (TPSA) is 33.0 Å². The van der Waals surface area contributed by atoms with Gasteiger partial charge in [-0.25, -0.2) is 0 Å². The molecule has 2 rings (SSSR count). The number of aryl methyl sites for hydroxylation is 1. The van der Waals surface area contributed by atoms with Gasteiger partial charge in [-0.1, -0.05) is 17.7 Å². The Bertz CT molecular complexity index is 720.